The molecule has 0 aliphatic carbocycles. The third-order valence-electron chi connectivity index (χ3n) is 2.05. The van der Waals surface area contributed by atoms with Crippen LogP contribution in [0.4, 0.5) is 0 Å². The van der Waals surface area contributed by atoms with Crippen molar-refractivity contribution in [1.29, 1.82) is 0 Å². The Bertz CT molecular complexity index is 569. The van der Waals surface area contributed by atoms with Crippen LogP contribution in [0.25, 0.3) is 0 Å². The van der Waals surface area contributed by atoms with E-state index < -0.39 is 21.7 Å². The monoisotopic (exact) mass is 311 g/mol. The minimum absolute atomic E-state index is 0.0273. The van der Waals surface area contributed by atoms with Crippen LogP contribution < -0.4 is 4.72 Å². The van der Waals surface area contributed by atoms with Gasteiger partial charge in [-0.3, -0.25) is 9.48 Å². The predicted molar refractivity (Wildman–Crippen MR) is 69.0 cm³/mol. The molecule has 0 radical (unpaired) electrons. The van der Waals surface area contributed by atoms with E-state index >= 15 is 0 Å². The van der Waals surface area contributed by atoms with Gasteiger partial charge in [0, 0.05) is 12.7 Å². The first kappa shape index (κ1) is 15.0. The van der Waals surface area contributed by atoms with Gasteiger partial charge in [0.05, 0.1) is 5.75 Å². The van der Waals surface area contributed by atoms with Gasteiger partial charge in [-0.2, -0.15) is 5.10 Å². The van der Waals surface area contributed by atoms with Crippen molar-refractivity contribution in [2.75, 3.05) is 5.75 Å². The molecule has 0 aromatic carbocycles. The summed E-state index contributed by atoms with van der Waals surface area (Å²) in [6.07, 6.45) is 1.07. The van der Waals surface area contributed by atoms with Gasteiger partial charge >= 0.3 is 0 Å². The van der Waals surface area contributed by atoms with Gasteiger partial charge in [-0.25, -0.2) is 13.1 Å². The molecule has 0 aliphatic heterocycles. The largest absolute Gasteiger partial charge is 0.285 e. The summed E-state index contributed by atoms with van der Waals surface area (Å²) in [6, 6.07) is 1.48. The number of carbonyl (C=O) groups is 1. The summed E-state index contributed by atoms with van der Waals surface area (Å²) in [5, 5.41) is 3.86. The van der Waals surface area contributed by atoms with E-state index in [1.54, 1.807) is 14.0 Å². The number of sulfonamides is 1. The number of amides is 1. The van der Waals surface area contributed by atoms with Gasteiger partial charge in [-0.15, -0.1) is 0 Å². The number of hydrogen-bond donors (Lipinski definition) is 1. The van der Waals surface area contributed by atoms with Crippen molar-refractivity contribution < 1.29 is 13.2 Å². The second-order valence-corrected chi connectivity index (χ2v) is 6.28. The van der Waals surface area contributed by atoms with Crippen LogP contribution in [0.2, 0.25) is 0 Å². The molecule has 6 nitrogen and oxygen atoms in total. The predicted octanol–water partition coefficient (Wildman–Crippen LogP) is 1.11. The number of carbonyl (C=O) groups excluding carboxylic acids is 1. The summed E-state index contributed by atoms with van der Waals surface area (Å²) >= 11 is 10.6. The average molecular weight is 312 g/mol. The number of rotatable bonds is 4. The molecule has 0 saturated carbocycles. The SMILES string of the molecule is Cc1cc(C(=O)NS(=O)(=O)CC=C(Cl)Cl)nn1C. The molecule has 1 N–H and O–H groups in total. The van der Waals surface area contributed by atoms with E-state index in [0.717, 1.165) is 11.8 Å². The van der Waals surface area contributed by atoms with E-state index in [2.05, 4.69) is 5.10 Å². The van der Waals surface area contributed by atoms with Crippen molar-refractivity contribution in [3.8, 4) is 0 Å². The molecule has 100 valence electrons. The lowest BCUT2D eigenvalue weighted by Gasteiger charge is -2.02. The zero-order valence-electron chi connectivity index (χ0n) is 9.65. The van der Waals surface area contributed by atoms with E-state index in [4.69, 9.17) is 23.2 Å². The molecule has 0 saturated heterocycles. The highest BCUT2D eigenvalue weighted by Crippen LogP contribution is 2.07. The number of hydrogen-bond acceptors (Lipinski definition) is 4. The normalized spacial score (nSPS) is 11.1. The zero-order valence-corrected chi connectivity index (χ0v) is 12.0. The lowest BCUT2D eigenvalue weighted by Crippen LogP contribution is -2.32. The second-order valence-electron chi connectivity index (χ2n) is 3.50. The van der Waals surface area contributed by atoms with Crippen LogP contribution in [0.3, 0.4) is 0 Å². The lowest BCUT2D eigenvalue weighted by atomic mass is 10.4. The molecule has 1 rings (SSSR count). The van der Waals surface area contributed by atoms with Crippen molar-refractivity contribution in [2.45, 2.75) is 6.92 Å². The highest BCUT2D eigenvalue weighted by molar-refractivity contribution is 7.90. The fraction of sp³-hybridized carbons (Fsp3) is 0.333. The number of nitrogens with zero attached hydrogens (tertiary/aromatic N) is 2. The number of aryl methyl sites for hydroxylation is 2. The van der Waals surface area contributed by atoms with Gasteiger partial charge in [0.15, 0.2) is 5.69 Å². The molecule has 0 spiro atoms. The molecule has 0 fully saturated rings. The highest BCUT2D eigenvalue weighted by atomic mass is 35.5. The quantitative estimate of drug-likeness (QED) is 0.903. The third kappa shape index (κ3) is 4.32. The minimum Gasteiger partial charge on any atom is -0.272 e. The van der Waals surface area contributed by atoms with Gasteiger partial charge in [-0.05, 0) is 19.1 Å². The molecule has 18 heavy (non-hydrogen) atoms. The Balaban J connectivity index is 2.79. The lowest BCUT2D eigenvalue weighted by molar-refractivity contribution is 0.0976. The molecule has 0 unspecified atom stereocenters. The maximum absolute atomic E-state index is 11.6. The Morgan fingerprint density at radius 3 is 2.61 bits per heavy atom. The standard InChI is InChI=1S/C9H11Cl2N3O3S/c1-6-5-7(12-14(6)2)9(15)13-18(16,17)4-3-8(10)11/h3,5H,4H2,1-2H3,(H,13,15). The van der Waals surface area contributed by atoms with E-state index in [1.807, 2.05) is 4.72 Å². The van der Waals surface area contributed by atoms with E-state index in [9.17, 15) is 13.2 Å². The van der Waals surface area contributed by atoms with Crippen LogP contribution in [0.5, 0.6) is 0 Å². The fourth-order valence-corrected chi connectivity index (χ4v) is 2.27. The average Bonchev–Trinajstić information content (AvgIpc) is 2.56. The second kappa shape index (κ2) is 5.73. The van der Waals surface area contributed by atoms with Crippen molar-refractivity contribution in [3.05, 3.63) is 28.0 Å². The number of aromatic nitrogens is 2. The first-order chi connectivity index (χ1) is 8.21. The van der Waals surface area contributed by atoms with Crippen molar-refractivity contribution >= 4 is 39.1 Å². The zero-order chi connectivity index (χ0) is 13.9. The van der Waals surface area contributed by atoms with Gasteiger partial charge in [0.1, 0.15) is 4.49 Å². The topological polar surface area (TPSA) is 81.1 Å². The number of halogens is 2. The van der Waals surface area contributed by atoms with Crippen LogP contribution in [0.1, 0.15) is 16.2 Å². The molecule has 1 aromatic rings. The first-order valence-corrected chi connectivity index (χ1v) is 7.19. The molecule has 0 atom stereocenters. The van der Waals surface area contributed by atoms with E-state index in [-0.39, 0.29) is 10.2 Å². The molecular weight excluding hydrogens is 301 g/mol. The Labute approximate surface area is 115 Å². The maximum Gasteiger partial charge on any atom is 0.285 e. The van der Waals surface area contributed by atoms with E-state index in [0.29, 0.717) is 0 Å². The third-order valence-corrected chi connectivity index (χ3v) is 3.46. The maximum atomic E-state index is 11.6. The summed E-state index contributed by atoms with van der Waals surface area (Å²) in [5.74, 6) is -1.27. The first-order valence-electron chi connectivity index (χ1n) is 4.78. The van der Waals surface area contributed by atoms with Crippen LogP contribution in [0.15, 0.2) is 16.6 Å². The van der Waals surface area contributed by atoms with Gasteiger partial charge in [-0.1, -0.05) is 23.2 Å². The Hall–Kier alpha value is -1.05. The highest BCUT2D eigenvalue weighted by Gasteiger charge is 2.17. The fourth-order valence-electron chi connectivity index (χ4n) is 1.08. The Kier molecular flexibility index (Phi) is 4.78. The summed E-state index contributed by atoms with van der Waals surface area (Å²) in [5.41, 5.74) is 0.765. The summed E-state index contributed by atoms with van der Waals surface area (Å²) in [4.78, 5) is 11.6. The number of nitrogens with one attached hydrogen (secondary N) is 1. The molecule has 1 amide bonds. The molecule has 9 heteroatoms. The summed E-state index contributed by atoms with van der Waals surface area (Å²) in [6.45, 7) is 1.74. The van der Waals surface area contributed by atoms with Crippen LogP contribution in [0, 0.1) is 6.92 Å². The summed E-state index contributed by atoms with van der Waals surface area (Å²) in [7, 11) is -2.17. The van der Waals surface area contributed by atoms with Gasteiger partial charge < -0.3 is 0 Å². The Morgan fingerprint density at radius 2 is 2.17 bits per heavy atom. The Morgan fingerprint density at radius 1 is 1.56 bits per heavy atom. The van der Waals surface area contributed by atoms with Crippen LogP contribution in [-0.2, 0) is 17.1 Å². The molecule has 0 bridgehead atoms. The van der Waals surface area contributed by atoms with Crippen molar-refractivity contribution in [1.82, 2.24) is 14.5 Å². The molecular formula is C9H11Cl2N3O3S. The molecule has 1 heterocycles. The molecule has 0 aliphatic rings. The van der Waals surface area contributed by atoms with Crippen molar-refractivity contribution in [2.24, 2.45) is 7.05 Å². The summed E-state index contributed by atoms with van der Waals surface area (Å²) < 4.78 is 26.1. The van der Waals surface area contributed by atoms with Crippen LogP contribution >= 0.6 is 23.2 Å². The van der Waals surface area contributed by atoms with Gasteiger partial charge in [0.2, 0.25) is 10.0 Å². The van der Waals surface area contributed by atoms with Crippen LogP contribution in [-0.4, -0.2) is 29.9 Å². The van der Waals surface area contributed by atoms with E-state index in [1.165, 1.54) is 10.7 Å². The van der Waals surface area contributed by atoms with Gasteiger partial charge in [0.25, 0.3) is 5.91 Å². The van der Waals surface area contributed by atoms with Crippen molar-refractivity contribution in [3.63, 3.8) is 0 Å². The molecule has 1 aromatic heterocycles. The smallest absolute Gasteiger partial charge is 0.272 e. The minimum atomic E-state index is -3.82.